The average molecular weight is 540 g/mol. The Labute approximate surface area is 234 Å². The predicted molar refractivity (Wildman–Crippen MR) is 161 cm³/mol. The standard InChI is InChI=1S/C29H45N7OS/c1-22-10-14-34(15-11-22)26-8-6-24(7-9-26)27(30-3)23(2)33(5)31-29(38)36-16-12-25(13-17-36)28(37)35-20-18-32(4)19-21-35/h6-9,22,25H,3,10-21H2,1-2,4-5H3,(H,31,38)/b27-23-. The van der Waals surface area contributed by atoms with Crippen LogP contribution in [0.4, 0.5) is 5.69 Å². The summed E-state index contributed by atoms with van der Waals surface area (Å²) < 4.78 is 0. The SMILES string of the molecule is C=N/C(=C(/C)N(C)NC(=S)N1CCC(C(=O)N2CCN(C)CC2)CC1)c1ccc(N2CCC(C)CC2)cc1. The van der Waals surface area contributed by atoms with Crippen molar-refractivity contribution in [2.24, 2.45) is 16.8 Å². The van der Waals surface area contributed by atoms with Crippen LogP contribution in [0, 0.1) is 11.8 Å². The van der Waals surface area contributed by atoms with Gasteiger partial charge in [-0.25, -0.2) is 0 Å². The smallest absolute Gasteiger partial charge is 0.225 e. The van der Waals surface area contributed by atoms with Crippen LogP contribution in [-0.2, 0) is 4.79 Å². The molecule has 9 heteroatoms. The van der Waals surface area contributed by atoms with E-state index in [0.29, 0.717) is 11.0 Å². The molecule has 1 aromatic carbocycles. The van der Waals surface area contributed by atoms with E-state index in [2.05, 4.69) is 70.1 Å². The number of hydrogen-bond donors (Lipinski definition) is 1. The number of nitrogens with zero attached hydrogens (tertiary/aromatic N) is 6. The van der Waals surface area contributed by atoms with Crippen LogP contribution < -0.4 is 10.3 Å². The van der Waals surface area contributed by atoms with Gasteiger partial charge in [0, 0.05) is 76.6 Å². The van der Waals surface area contributed by atoms with E-state index in [9.17, 15) is 4.79 Å². The highest BCUT2D eigenvalue weighted by Gasteiger charge is 2.30. The molecular weight excluding hydrogens is 494 g/mol. The number of hydrazine groups is 1. The number of carbonyl (C=O) groups is 1. The van der Waals surface area contributed by atoms with Crippen LogP contribution in [0.5, 0.6) is 0 Å². The first-order valence-electron chi connectivity index (χ1n) is 14.1. The van der Waals surface area contributed by atoms with Gasteiger partial charge in [0.25, 0.3) is 0 Å². The molecule has 0 unspecified atom stereocenters. The maximum absolute atomic E-state index is 13.0. The van der Waals surface area contributed by atoms with E-state index in [-0.39, 0.29) is 5.92 Å². The quantitative estimate of drug-likeness (QED) is 0.337. The molecule has 208 valence electrons. The monoisotopic (exact) mass is 539 g/mol. The fourth-order valence-corrected chi connectivity index (χ4v) is 5.90. The third-order valence-corrected chi connectivity index (χ3v) is 8.85. The minimum Gasteiger partial charge on any atom is -0.372 e. The molecule has 4 rings (SSSR count). The summed E-state index contributed by atoms with van der Waals surface area (Å²) in [5, 5.41) is 2.60. The van der Waals surface area contributed by atoms with Gasteiger partial charge in [0.1, 0.15) is 0 Å². The highest BCUT2D eigenvalue weighted by molar-refractivity contribution is 7.80. The van der Waals surface area contributed by atoms with Crippen molar-refractivity contribution >= 4 is 41.3 Å². The van der Waals surface area contributed by atoms with Crippen molar-refractivity contribution in [1.82, 2.24) is 25.1 Å². The summed E-state index contributed by atoms with van der Waals surface area (Å²) in [6.07, 6.45) is 4.18. The number of aliphatic imine (C=N–C) groups is 1. The fraction of sp³-hybridized carbons (Fsp3) is 0.621. The Kier molecular flexibility index (Phi) is 9.65. The topological polar surface area (TPSA) is 57.7 Å². The zero-order valence-electron chi connectivity index (χ0n) is 23.7. The molecule has 1 amide bonds. The molecule has 3 aliphatic rings. The van der Waals surface area contributed by atoms with E-state index < -0.39 is 0 Å². The van der Waals surface area contributed by atoms with Crippen LogP contribution in [0.25, 0.3) is 5.70 Å². The van der Waals surface area contributed by atoms with Crippen LogP contribution >= 0.6 is 12.2 Å². The molecule has 0 aromatic heterocycles. The second kappa shape index (κ2) is 12.9. The van der Waals surface area contributed by atoms with Crippen LogP contribution in [0.3, 0.4) is 0 Å². The maximum Gasteiger partial charge on any atom is 0.225 e. The number of thiocarbonyl (C=S) groups is 1. The minimum absolute atomic E-state index is 0.102. The second-order valence-electron chi connectivity index (χ2n) is 11.2. The summed E-state index contributed by atoms with van der Waals surface area (Å²) in [5.41, 5.74) is 7.43. The van der Waals surface area contributed by atoms with Crippen LogP contribution in [-0.4, -0.2) is 104 Å². The number of anilines is 1. The first kappa shape index (κ1) is 28.4. The number of allylic oxidation sites excluding steroid dienone is 1. The Morgan fingerprint density at radius 3 is 2.16 bits per heavy atom. The Hall–Kier alpha value is -2.65. The minimum atomic E-state index is 0.102. The van der Waals surface area contributed by atoms with Gasteiger partial charge >= 0.3 is 0 Å². The normalized spacial score (nSPS) is 20.7. The lowest BCUT2D eigenvalue weighted by Crippen LogP contribution is -2.53. The maximum atomic E-state index is 13.0. The first-order chi connectivity index (χ1) is 18.3. The van der Waals surface area contributed by atoms with Gasteiger partial charge in [-0.15, -0.1) is 0 Å². The number of likely N-dealkylation sites (tertiary alicyclic amines) is 1. The van der Waals surface area contributed by atoms with E-state index >= 15 is 0 Å². The third-order valence-electron chi connectivity index (χ3n) is 8.50. The van der Waals surface area contributed by atoms with Crippen LogP contribution in [0.1, 0.15) is 45.1 Å². The number of likely N-dealkylation sites (N-methyl/N-ethyl adjacent to an activating group) is 1. The summed E-state index contributed by atoms with van der Waals surface area (Å²) in [4.78, 5) is 26.3. The molecule has 0 atom stereocenters. The lowest BCUT2D eigenvalue weighted by atomic mass is 9.95. The van der Waals surface area contributed by atoms with Crippen LogP contribution in [0.15, 0.2) is 35.0 Å². The molecule has 3 heterocycles. The molecule has 0 radical (unpaired) electrons. The Bertz CT molecular complexity index is 1000. The molecule has 3 aliphatic heterocycles. The molecule has 1 aromatic rings. The first-order valence-corrected chi connectivity index (χ1v) is 14.5. The van der Waals surface area contributed by atoms with Gasteiger partial charge in [-0.05, 0) is 76.6 Å². The predicted octanol–water partition coefficient (Wildman–Crippen LogP) is 3.52. The molecule has 0 spiro atoms. The number of nitrogens with one attached hydrogen (secondary N) is 1. The van der Waals surface area contributed by atoms with Crippen molar-refractivity contribution in [3.63, 3.8) is 0 Å². The van der Waals surface area contributed by atoms with Crippen molar-refractivity contribution in [1.29, 1.82) is 0 Å². The summed E-state index contributed by atoms with van der Waals surface area (Å²) in [6, 6.07) is 8.65. The number of carbonyl (C=O) groups excluding carboxylic acids is 1. The molecule has 38 heavy (non-hydrogen) atoms. The van der Waals surface area contributed by atoms with Crippen molar-refractivity contribution in [2.45, 2.75) is 39.5 Å². The zero-order valence-corrected chi connectivity index (χ0v) is 24.5. The highest BCUT2D eigenvalue weighted by atomic mass is 32.1. The molecule has 3 saturated heterocycles. The van der Waals surface area contributed by atoms with Gasteiger partial charge in [0.15, 0.2) is 5.11 Å². The van der Waals surface area contributed by atoms with E-state index in [1.807, 2.05) is 23.9 Å². The van der Waals surface area contributed by atoms with E-state index in [4.69, 9.17) is 12.2 Å². The average Bonchev–Trinajstić information content (AvgIpc) is 2.94. The second-order valence-corrected chi connectivity index (χ2v) is 11.6. The van der Waals surface area contributed by atoms with Crippen LogP contribution in [0.2, 0.25) is 0 Å². The van der Waals surface area contributed by atoms with Gasteiger partial charge in [-0.1, -0.05) is 19.1 Å². The summed E-state index contributed by atoms with van der Waals surface area (Å²) >= 11 is 5.75. The third kappa shape index (κ3) is 6.86. The van der Waals surface area contributed by atoms with Crippen molar-refractivity contribution < 1.29 is 4.79 Å². The molecular formula is C29H45N7OS. The van der Waals surface area contributed by atoms with E-state index in [0.717, 1.165) is 88.1 Å². The van der Waals surface area contributed by atoms with Gasteiger partial charge in [-0.2, -0.15) is 0 Å². The van der Waals surface area contributed by atoms with Gasteiger partial charge < -0.3 is 19.6 Å². The fourth-order valence-electron chi connectivity index (χ4n) is 5.58. The highest BCUT2D eigenvalue weighted by Crippen LogP contribution is 2.27. The molecule has 0 aliphatic carbocycles. The van der Waals surface area contributed by atoms with Gasteiger partial charge in [-0.3, -0.25) is 20.2 Å². The number of rotatable bonds is 6. The number of hydrogen-bond acceptors (Lipinski definition) is 6. The molecule has 1 N–H and O–H groups in total. The van der Waals surface area contributed by atoms with Crippen molar-refractivity contribution in [3.8, 4) is 0 Å². The van der Waals surface area contributed by atoms with Gasteiger partial charge in [0.2, 0.25) is 5.91 Å². The lowest BCUT2D eigenvalue weighted by molar-refractivity contribution is -0.138. The van der Waals surface area contributed by atoms with Crippen molar-refractivity contribution in [3.05, 3.63) is 35.5 Å². The lowest BCUT2D eigenvalue weighted by Gasteiger charge is -2.38. The van der Waals surface area contributed by atoms with E-state index in [1.54, 1.807) is 0 Å². The van der Waals surface area contributed by atoms with Crippen molar-refractivity contribution in [2.75, 3.05) is 71.4 Å². The molecule has 0 bridgehead atoms. The zero-order chi connectivity index (χ0) is 27.2. The molecule has 3 fully saturated rings. The Balaban J connectivity index is 1.30. The summed E-state index contributed by atoms with van der Waals surface area (Å²) in [6.45, 7) is 15.6. The van der Waals surface area contributed by atoms with Gasteiger partial charge in [0.05, 0.1) is 11.4 Å². The largest absolute Gasteiger partial charge is 0.372 e. The number of benzene rings is 1. The number of piperidine rings is 2. The summed E-state index contributed by atoms with van der Waals surface area (Å²) in [7, 11) is 4.07. The number of amides is 1. The number of piperazine rings is 1. The Morgan fingerprint density at radius 2 is 1.58 bits per heavy atom. The molecule has 8 nitrogen and oxygen atoms in total. The Morgan fingerprint density at radius 1 is 0.974 bits per heavy atom. The summed E-state index contributed by atoms with van der Waals surface area (Å²) in [5.74, 6) is 1.23. The molecule has 0 saturated carbocycles. The van der Waals surface area contributed by atoms with E-state index in [1.165, 1.54) is 18.5 Å².